The largest absolute Gasteiger partial charge is 3.00 e. The van der Waals surface area contributed by atoms with Crippen LogP contribution in [-0.4, -0.2) is 30.7 Å². The summed E-state index contributed by atoms with van der Waals surface area (Å²) in [4.78, 5) is 0. The van der Waals surface area contributed by atoms with Crippen molar-refractivity contribution in [3.05, 3.63) is 0 Å². The van der Waals surface area contributed by atoms with Crippen molar-refractivity contribution in [3.63, 3.8) is 0 Å². The van der Waals surface area contributed by atoms with E-state index in [2.05, 4.69) is 27.7 Å². The average Bonchev–Trinajstić information content (AvgIpc) is 2.37. The molecule has 0 aromatic heterocycles. The average molecular weight is 298 g/mol. The van der Waals surface area contributed by atoms with Crippen LogP contribution in [0.5, 0.6) is 0 Å². The zero-order chi connectivity index (χ0) is 13.0. The maximum atomic E-state index is 2.33. The Balaban J connectivity index is 0. The van der Waals surface area contributed by atoms with Crippen molar-refractivity contribution in [1.82, 2.24) is 0 Å². The Morgan fingerprint density at radius 2 is 0.722 bits per heavy atom. The van der Waals surface area contributed by atoms with Crippen molar-refractivity contribution < 1.29 is 21.6 Å². The summed E-state index contributed by atoms with van der Waals surface area (Å²) in [6.07, 6.45) is 11.1. The molecule has 0 aliphatic rings. The first-order chi connectivity index (χ1) is 8.24. The first-order valence-electron chi connectivity index (χ1n) is 8.09. The van der Waals surface area contributed by atoms with Crippen molar-refractivity contribution in [2.75, 3.05) is 26.2 Å². The van der Waals surface area contributed by atoms with Crippen LogP contribution in [0, 0.1) is 0 Å². The maximum Gasteiger partial charge on any atom is 3.00 e. The van der Waals surface area contributed by atoms with Crippen LogP contribution in [0.15, 0.2) is 0 Å². The van der Waals surface area contributed by atoms with Crippen LogP contribution >= 0.6 is 0 Å². The third-order valence-electron chi connectivity index (χ3n) is 3.94. The summed E-state index contributed by atoms with van der Waals surface area (Å²) in [7, 11) is 0. The minimum absolute atomic E-state index is 0. The normalized spacial score (nSPS) is 11.3. The molecule has 0 atom stereocenters. The number of quaternary nitrogens is 1. The Morgan fingerprint density at radius 1 is 0.500 bits per heavy atom. The quantitative estimate of drug-likeness (QED) is 0.351. The number of hydrogen-bond donors (Lipinski definition) is 0. The van der Waals surface area contributed by atoms with Gasteiger partial charge in [0.2, 0.25) is 0 Å². The van der Waals surface area contributed by atoms with Gasteiger partial charge in [-0.05, 0) is 25.7 Å². The molecule has 0 rings (SSSR count). The Kier molecular flexibility index (Phi) is 16.1. The van der Waals surface area contributed by atoms with Gasteiger partial charge in [-0.1, -0.05) is 53.4 Å². The molecule has 0 fully saturated rings. The van der Waals surface area contributed by atoms with Crippen LogP contribution in [0.2, 0.25) is 0 Å². The van der Waals surface area contributed by atoms with E-state index in [4.69, 9.17) is 0 Å². The summed E-state index contributed by atoms with van der Waals surface area (Å²) in [6, 6.07) is 0. The van der Waals surface area contributed by atoms with Crippen molar-refractivity contribution in [2.45, 2.75) is 79.1 Å². The minimum atomic E-state index is 0. The summed E-state index contributed by atoms with van der Waals surface area (Å²) in [6.45, 7) is 15.0. The standard InChI is InChI=1S/C16H36N.Fe/c1-5-9-13-17(14-10-6-2,15-11-7-3)16-12-8-4;/h5-16H2,1-4H3;/q+1;+3. The third-order valence-corrected chi connectivity index (χ3v) is 3.94. The van der Waals surface area contributed by atoms with Crippen molar-refractivity contribution >= 4 is 0 Å². The van der Waals surface area contributed by atoms with Crippen molar-refractivity contribution in [1.29, 1.82) is 0 Å². The molecule has 0 aromatic rings. The molecule has 0 amide bonds. The predicted molar refractivity (Wildman–Crippen MR) is 79.4 cm³/mol. The third kappa shape index (κ3) is 9.41. The molecule has 1 radical (unpaired) electrons. The van der Waals surface area contributed by atoms with Crippen molar-refractivity contribution in [2.24, 2.45) is 0 Å². The predicted octanol–water partition coefficient (Wildman–Crippen LogP) is 5.00. The zero-order valence-electron chi connectivity index (χ0n) is 13.3. The van der Waals surface area contributed by atoms with Gasteiger partial charge in [0.1, 0.15) is 0 Å². The molecule has 0 spiro atoms. The van der Waals surface area contributed by atoms with E-state index in [-0.39, 0.29) is 17.1 Å². The fraction of sp³-hybridized carbons (Fsp3) is 1.00. The van der Waals surface area contributed by atoms with Crippen LogP contribution in [0.25, 0.3) is 0 Å². The Labute approximate surface area is 127 Å². The molecule has 0 heterocycles. The number of nitrogens with zero attached hydrogens (tertiary/aromatic N) is 1. The maximum absolute atomic E-state index is 2.33. The van der Waals surface area contributed by atoms with E-state index in [9.17, 15) is 0 Å². The monoisotopic (exact) mass is 298 g/mol. The summed E-state index contributed by atoms with van der Waals surface area (Å²) < 4.78 is 1.42. The fourth-order valence-corrected chi connectivity index (χ4v) is 2.64. The van der Waals surface area contributed by atoms with Gasteiger partial charge in [0, 0.05) is 0 Å². The van der Waals surface area contributed by atoms with Gasteiger partial charge in [-0.25, -0.2) is 0 Å². The van der Waals surface area contributed by atoms with Gasteiger partial charge in [-0.15, -0.1) is 0 Å². The van der Waals surface area contributed by atoms with E-state index < -0.39 is 0 Å². The molecule has 1 nitrogen and oxygen atoms in total. The summed E-state index contributed by atoms with van der Waals surface area (Å²) in [5.41, 5.74) is 0. The van der Waals surface area contributed by atoms with Crippen LogP contribution < -0.4 is 0 Å². The van der Waals surface area contributed by atoms with Gasteiger partial charge in [-0.3, -0.25) is 0 Å². The minimum Gasteiger partial charge on any atom is -0.324 e. The van der Waals surface area contributed by atoms with Crippen LogP contribution in [-0.2, 0) is 17.1 Å². The molecule has 2 heteroatoms. The molecule has 0 saturated heterocycles. The second-order valence-electron chi connectivity index (χ2n) is 5.65. The van der Waals surface area contributed by atoms with Gasteiger partial charge < -0.3 is 4.48 Å². The Bertz CT molecular complexity index is 122. The first kappa shape index (κ1) is 20.8. The molecule has 0 unspecified atom stereocenters. The second-order valence-corrected chi connectivity index (χ2v) is 5.65. The summed E-state index contributed by atoms with van der Waals surface area (Å²) in [5, 5.41) is 0. The van der Waals surface area contributed by atoms with Gasteiger partial charge in [-0.2, -0.15) is 0 Å². The van der Waals surface area contributed by atoms with Crippen LogP contribution in [0.4, 0.5) is 0 Å². The smallest absolute Gasteiger partial charge is 0.324 e. The van der Waals surface area contributed by atoms with E-state index in [1.54, 1.807) is 0 Å². The van der Waals surface area contributed by atoms with Crippen molar-refractivity contribution in [3.8, 4) is 0 Å². The molecule has 0 N–H and O–H groups in total. The SMILES string of the molecule is CCCC[N+](CCCC)(CCCC)CCCC.[Fe+3]. The Hall–Kier alpha value is 0.479. The summed E-state index contributed by atoms with van der Waals surface area (Å²) in [5.74, 6) is 0. The van der Waals surface area contributed by atoms with Gasteiger partial charge in [0.05, 0.1) is 26.2 Å². The Morgan fingerprint density at radius 3 is 0.889 bits per heavy atom. The van der Waals surface area contributed by atoms with E-state index in [0.717, 1.165) is 0 Å². The number of rotatable bonds is 12. The molecule has 109 valence electrons. The van der Waals surface area contributed by atoms with Gasteiger partial charge in [0.15, 0.2) is 0 Å². The number of hydrogen-bond acceptors (Lipinski definition) is 0. The fourth-order valence-electron chi connectivity index (χ4n) is 2.64. The molecule has 18 heavy (non-hydrogen) atoms. The second kappa shape index (κ2) is 13.9. The number of unbranched alkanes of at least 4 members (excludes halogenated alkanes) is 4. The van der Waals surface area contributed by atoms with E-state index in [1.165, 1.54) is 82.0 Å². The topological polar surface area (TPSA) is 0 Å². The van der Waals surface area contributed by atoms with E-state index in [0.29, 0.717) is 0 Å². The first-order valence-corrected chi connectivity index (χ1v) is 8.09. The van der Waals surface area contributed by atoms with Crippen LogP contribution in [0.3, 0.4) is 0 Å². The molecule has 0 bridgehead atoms. The van der Waals surface area contributed by atoms with Gasteiger partial charge in [0.25, 0.3) is 0 Å². The molecule has 0 saturated carbocycles. The zero-order valence-corrected chi connectivity index (χ0v) is 14.4. The molecular weight excluding hydrogens is 262 g/mol. The molecule has 0 aliphatic heterocycles. The van der Waals surface area contributed by atoms with Crippen LogP contribution in [0.1, 0.15) is 79.1 Å². The van der Waals surface area contributed by atoms with E-state index >= 15 is 0 Å². The molecule has 0 aliphatic carbocycles. The molecule has 0 aromatic carbocycles. The summed E-state index contributed by atoms with van der Waals surface area (Å²) >= 11 is 0. The van der Waals surface area contributed by atoms with E-state index in [1.807, 2.05) is 0 Å². The van der Waals surface area contributed by atoms with Gasteiger partial charge >= 0.3 is 17.1 Å². The molecular formula is C16H36FeN+4.